The molecule has 0 aliphatic carbocycles. The average Bonchev–Trinajstić information content (AvgIpc) is 2.21. The van der Waals surface area contributed by atoms with Crippen LogP contribution in [0, 0.1) is 12.7 Å². The molecule has 6 heteroatoms. The van der Waals surface area contributed by atoms with Crippen LogP contribution in [0.15, 0.2) is 12.1 Å². The van der Waals surface area contributed by atoms with Gasteiger partial charge in [0, 0.05) is 6.42 Å². The first-order chi connectivity index (χ1) is 7.82. The normalized spacial score (nSPS) is 12.2. The first-order valence-corrected chi connectivity index (χ1v) is 4.83. The standard InChI is InChI=1S/C11H12FNO4/c1-5-2-8(12)6(3-7(5)10(14)15)4-9(13)11(16)17/h2-3,9H,4,13H2,1H3,(H,14,15)(H,16,17). The molecule has 0 aromatic heterocycles. The lowest BCUT2D eigenvalue weighted by Crippen LogP contribution is -2.32. The van der Waals surface area contributed by atoms with Crippen molar-refractivity contribution in [2.45, 2.75) is 19.4 Å². The van der Waals surface area contributed by atoms with Crippen molar-refractivity contribution >= 4 is 11.9 Å². The van der Waals surface area contributed by atoms with E-state index in [9.17, 15) is 14.0 Å². The highest BCUT2D eigenvalue weighted by Gasteiger charge is 2.18. The molecule has 1 aromatic rings. The number of carboxylic acids is 2. The van der Waals surface area contributed by atoms with Crippen molar-refractivity contribution in [1.82, 2.24) is 0 Å². The molecule has 0 heterocycles. The van der Waals surface area contributed by atoms with Crippen molar-refractivity contribution < 1.29 is 24.2 Å². The van der Waals surface area contributed by atoms with Crippen LogP contribution < -0.4 is 5.73 Å². The third kappa shape index (κ3) is 3.01. The Labute approximate surface area is 96.7 Å². The Morgan fingerprint density at radius 3 is 2.47 bits per heavy atom. The molecule has 92 valence electrons. The first kappa shape index (κ1) is 13.1. The predicted molar refractivity (Wildman–Crippen MR) is 57.4 cm³/mol. The Kier molecular flexibility index (Phi) is 3.80. The lowest BCUT2D eigenvalue weighted by atomic mass is 10.00. The Balaban J connectivity index is 3.12. The molecule has 17 heavy (non-hydrogen) atoms. The molecule has 1 rings (SSSR count). The van der Waals surface area contributed by atoms with Crippen LogP contribution in [0.3, 0.4) is 0 Å². The highest BCUT2D eigenvalue weighted by atomic mass is 19.1. The van der Waals surface area contributed by atoms with Gasteiger partial charge in [0.1, 0.15) is 11.9 Å². The number of nitrogens with two attached hydrogens (primary N) is 1. The molecule has 1 unspecified atom stereocenters. The van der Waals surface area contributed by atoms with Crippen LogP contribution in [0.5, 0.6) is 0 Å². The van der Waals surface area contributed by atoms with Gasteiger partial charge in [-0.15, -0.1) is 0 Å². The molecule has 4 N–H and O–H groups in total. The summed E-state index contributed by atoms with van der Waals surface area (Å²) in [7, 11) is 0. The molecule has 0 spiro atoms. The molecule has 0 bridgehead atoms. The van der Waals surface area contributed by atoms with Crippen LogP contribution in [-0.4, -0.2) is 28.2 Å². The van der Waals surface area contributed by atoms with E-state index in [0.29, 0.717) is 0 Å². The number of hydrogen-bond acceptors (Lipinski definition) is 3. The quantitative estimate of drug-likeness (QED) is 0.723. The van der Waals surface area contributed by atoms with Crippen molar-refractivity contribution in [2.75, 3.05) is 0 Å². The molecule has 0 amide bonds. The minimum absolute atomic E-state index is 0.0112. The average molecular weight is 241 g/mol. The summed E-state index contributed by atoms with van der Waals surface area (Å²) in [5.41, 5.74) is 5.48. The maximum absolute atomic E-state index is 13.5. The molecular weight excluding hydrogens is 229 g/mol. The van der Waals surface area contributed by atoms with E-state index in [2.05, 4.69) is 0 Å². The molecule has 0 fully saturated rings. The number of carboxylic acid groups (broad SMARTS) is 2. The van der Waals surface area contributed by atoms with Crippen molar-refractivity contribution in [3.05, 3.63) is 34.6 Å². The molecule has 5 nitrogen and oxygen atoms in total. The number of benzene rings is 1. The van der Waals surface area contributed by atoms with E-state index in [1.165, 1.54) is 6.92 Å². The first-order valence-electron chi connectivity index (χ1n) is 4.83. The number of aromatic carboxylic acids is 1. The van der Waals surface area contributed by atoms with Gasteiger partial charge in [-0.3, -0.25) is 4.79 Å². The van der Waals surface area contributed by atoms with Crippen LogP contribution >= 0.6 is 0 Å². The van der Waals surface area contributed by atoms with Crippen LogP contribution in [0.1, 0.15) is 21.5 Å². The van der Waals surface area contributed by atoms with Crippen molar-refractivity contribution in [1.29, 1.82) is 0 Å². The second-order valence-electron chi connectivity index (χ2n) is 3.71. The van der Waals surface area contributed by atoms with Gasteiger partial charge in [-0.1, -0.05) is 0 Å². The molecule has 0 radical (unpaired) electrons. The van der Waals surface area contributed by atoms with E-state index in [0.717, 1.165) is 12.1 Å². The second-order valence-corrected chi connectivity index (χ2v) is 3.71. The summed E-state index contributed by atoms with van der Waals surface area (Å²) >= 11 is 0. The summed E-state index contributed by atoms with van der Waals surface area (Å²) in [6, 6.07) is 0.928. The number of aryl methyl sites for hydroxylation is 1. The monoisotopic (exact) mass is 241 g/mol. The van der Waals surface area contributed by atoms with E-state index >= 15 is 0 Å². The lowest BCUT2D eigenvalue weighted by molar-refractivity contribution is -0.138. The van der Waals surface area contributed by atoms with E-state index in [1.54, 1.807) is 0 Å². The third-order valence-electron chi connectivity index (χ3n) is 2.38. The van der Waals surface area contributed by atoms with Gasteiger partial charge >= 0.3 is 11.9 Å². The van der Waals surface area contributed by atoms with Gasteiger partial charge in [0.15, 0.2) is 0 Å². The zero-order chi connectivity index (χ0) is 13.2. The molecule has 1 atom stereocenters. The Morgan fingerprint density at radius 1 is 1.41 bits per heavy atom. The fourth-order valence-corrected chi connectivity index (χ4v) is 1.43. The van der Waals surface area contributed by atoms with Crippen LogP contribution in [0.25, 0.3) is 0 Å². The summed E-state index contributed by atoms with van der Waals surface area (Å²) in [6.07, 6.45) is -0.248. The molecular formula is C11H12FNO4. The van der Waals surface area contributed by atoms with Gasteiger partial charge in [0.2, 0.25) is 0 Å². The predicted octanol–water partition coefficient (Wildman–Crippen LogP) is 0.787. The maximum Gasteiger partial charge on any atom is 0.335 e. The minimum Gasteiger partial charge on any atom is -0.480 e. The number of aliphatic carboxylic acids is 1. The van der Waals surface area contributed by atoms with Crippen LogP contribution in [0.4, 0.5) is 4.39 Å². The molecule has 0 saturated heterocycles. The minimum atomic E-state index is -1.26. The van der Waals surface area contributed by atoms with Gasteiger partial charge in [-0.2, -0.15) is 0 Å². The number of rotatable bonds is 4. The summed E-state index contributed by atoms with van der Waals surface area (Å²) in [6.45, 7) is 1.47. The Hall–Kier alpha value is -1.95. The fourth-order valence-electron chi connectivity index (χ4n) is 1.43. The molecule has 0 aliphatic rings. The van der Waals surface area contributed by atoms with Gasteiger partial charge < -0.3 is 15.9 Å². The highest BCUT2D eigenvalue weighted by Crippen LogP contribution is 2.17. The van der Waals surface area contributed by atoms with Gasteiger partial charge in [0.05, 0.1) is 5.56 Å². The third-order valence-corrected chi connectivity index (χ3v) is 2.38. The topological polar surface area (TPSA) is 101 Å². The lowest BCUT2D eigenvalue weighted by Gasteiger charge is -2.10. The van der Waals surface area contributed by atoms with E-state index < -0.39 is 23.8 Å². The SMILES string of the molecule is Cc1cc(F)c(CC(N)C(=O)O)cc1C(=O)O. The fraction of sp³-hybridized carbons (Fsp3) is 0.273. The second kappa shape index (κ2) is 4.92. The zero-order valence-corrected chi connectivity index (χ0v) is 9.11. The summed E-state index contributed by atoms with van der Waals surface area (Å²) in [4.78, 5) is 21.4. The highest BCUT2D eigenvalue weighted by molar-refractivity contribution is 5.89. The number of halogens is 1. The Bertz CT molecular complexity index is 473. The van der Waals surface area contributed by atoms with Gasteiger partial charge in [-0.05, 0) is 30.2 Å². The van der Waals surface area contributed by atoms with Crippen molar-refractivity contribution in [2.24, 2.45) is 5.73 Å². The van der Waals surface area contributed by atoms with E-state index in [4.69, 9.17) is 15.9 Å². The van der Waals surface area contributed by atoms with Crippen molar-refractivity contribution in [3.8, 4) is 0 Å². The Morgan fingerprint density at radius 2 is 2.00 bits per heavy atom. The number of hydrogen-bond donors (Lipinski definition) is 3. The van der Waals surface area contributed by atoms with E-state index in [1.807, 2.05) is 0 Å². The molecule has 1 aromatic carbocycles. The van der Waals surface area contributed by atoms with Gasteiger partial charge in [0.25, 0.3) is 0 Å². The van der Waals surface area contributed by atoms with E-state index in [-0.39, 0.29) is 23.1 Å². The van der Waals surface area contributed by atoms with Crippen molar-refractivity contribution in [3.63, 3.8) is 0 Å². The molecule has 0 aliphatic heterocycles. The maximum atomic E-state index is 13.5. The summed E-state index contributed by atoms with van der Waals surface area (Å²) in [5, 5.41) is 17.5. The number of carbonyl (C=O) groups is 2. The van der Waals surface area contributed by atoms with Crippen LogP contribution in [-0.2, 0) is 11.2 Å². The smallest absolute Gasteiger partial charge is 0.335 e. The van der Waals surface area contributed by atoms with Crippen LogP contribution in [0.2, 0.25) is 0 Å². The largest absolute Gasteiger partial charge is 0.480 e. The molecule has 0 saturated carbocycles. The summed E-state index contributed by atoms with van der Waals surface area (Å²) < 4.78 is 13.5. The summed E-state index contributed by atoms with van der Waals surface area (Å²) in [5.74, 6) is -3.10. The van der Waals surface area contributed by atoms with Gasteiger partial charge in [-0.25, -0.2) is 9.18 Å². The zero-order valence-electron chi connectivity index (χ0n) is 9.11.